The van der Waals surface area contributed by atoms with Gasteiger partial charge in [-0.3, -0.25) is 14.2 Å². The summed E-state index contributed by atoms with van der Waals surface area (Å²) in [5.74, 6) is 1.01. The summed E-state index contributed by atoms with van der Waals surface area (Å²) in [6, 6.07) is 17.0. The van der Waals surface area contributed by atoms with E-state index in [2.05, 4.69) is 34.7 Å². The van der Waals surface area contributed by atoms with Gasteiger partial charge in [-0.15, -0.1) is 0 Å². The molecule has 38 heavy (non-hydrogen) atoms. The number of ketones is 1. The molecule has 0 fully saturated rings. The molecule has 1 aliphatic rings. The first-order chi connectivity index (χ1) is 18.2. The highest BCUT2D eigenvalue weighted by Gasteiger charge is 2.32. The van der Waals surface area contributed by atoms with Crippen molar-refractivity contribution in [3.8, 4) is 17.2 Å². The monoisotopic (exact) mass is 527 g/mol. The van der Waals surface area contributed by atoms with Gasteiger partial charge in [-0.1, -0.05) is 29.5 Å². The lowest BCUT2D eigenvalue weighted by Gasteiger charge is -2.26. The summed E-state index contributed by atoms with van der Waals surface area (Å²) in [5.41, 5.74) is 5.69. The Morgan fingerprint density at radius 1 is 1.03 bits per heavy atom. The maximum Gasteiger partial charge on any atom is 0.271 e. The summed E-state index contributed by atoms with van der Waals surface area (Å²) >= 11 is 1.32. The van der Waals surface area contributed by atoms with Crippen molar-refractivity contribution >= 4 is 23.2 Å². The number of aromatic nitrogens is 2. The van der Waals surface area contributed by atoms with Crippen LogP contribution in [0.2, 0.25) is 0 Å². The van der Waals surface area contributed by atoms with Crippen molar-refractivity contribution in [3.05, 3.63) is 108 Å². The number of Topliss-reactive ketones (excluding diaryl/α,β-unsaturated/α-hetero) is 1. The van der Waals surface area contributed by atoms with Crippen molar-refractivity contribution in [1.82, 2.24) is 9.13 Å². The minimum atomic E-state index is -0.663. The van der Waals surface area contributed by atoms with E-state index >= 15 is 0 Å². The average Bonchev–Trinajstić information content (AvgIpc) is 3.36. The molecule has 0 saturated heterocycles. The summed E-state index contributed by atoms with van der Waals surface area (Å²) in [5, 5.41) is 0. The summed E-state index contributed by atoms with van der Waals surface area (Å²) in [6.45, 7) is 7.42. The molecule has 8 heteroatoms. The van der Waals surface area contributed by atoms with Crippen molar-refractivity contribution in [3.63, 3.8) is 0 Å². The largest absolute Gasteiger partial charge is 0.497 e. The number of allylic oxidation sites excluding steroid dienone is 2. The zero-order valence-corrected chi connectivity index (χ0v) is 23.1. The molecule has 0 bridgehead atoms. The van der Waals surface area contributed by atoms with E-state index in [4.69, 9.17) is 9.47 Å². The van der Waals surface area contributed by atoms with E-state index in [-0.39, 0.29) is 11.3 Å². The first-order valence-electron chi connectivity index (χ1n) is 12.2. The van der Waals surface area contributed by atoms with Crippen LogP contribution in [-0.4, -0.2) is 29.1 Å². The van der Waals surface area contributed by atoms with Crippen LogP contribution in [0.1, 0.15) is 42.4 Å². The maximum atomic E-state index is 13.9. The number of thiazole rings is 1. The summed E-state index contributed by atoms with van der Waals surface area (Å²) in [6.07, 6.45) is 1.92. The SMILES string of the molecule is COc1ccc([C@H]2C(C(C)=O)=C(C)N=c3sc(=Cc4cc(C)n(-c5ccccc5)c4C)c(=O)n32)c(OC)c1. The van der Waals surface area contributed by atoms with Gasteiger partial charge < -0.3 is 14.0 Å². The molecule has 5 rings (SSSR count). The Kier molecular flexibility index (Phi) is 6.67. The number of para-hydroxylation sites is 1. The highest BCUT2D eigenvalue weighted by molar-refractivity contribution is 7.07. The predicted molar refractivity (Wildman–Crippen MR) is 149 cm³/mol. The third-order valence-electron chi connectivity index (χ3n) is 6.91. The number of methoxy groups -OCH3 is 2. The van der Waals surface area contributed by atoms with Crippen LogP contribution in [0.3, 0.4) is 0 Å². The molecule has 0 saturated carbocycles. The van der Waals surface area contributed by atoms with Crippen LogP contribution in [0.4, 0.5) is 0 Å². The van der Waals surface area contributed by atoms with E-state index in [0.29, 0.717) is 37.7 Å². The minimum absolute atomic E-state index is 0.144. The Morgan fingerprint density at radius 2 is 1.76 bits per heavy atom. The number of hydrogen-bond donors (Lipinski definition) is 0. The Balaban J connectivity index is 1.73. The van der Waals surface area contributed by atoms with Crippen LogP contribution >= 0.6 is 11.3 Å². The molecule has 0 amide bonds. The van der Waals surface area contributed by atoms with Crippen LogP contribution in [-0.2, 0) is 4.79 Å². The van der Waals surface area contributed by atoms with Crippen molar-refractivity contribution < 1.29 is 14.3 Å². The highest BCUT2D eigenvalue weighted by Crippen LogP contribution is 2.37. The number of ether oxygens (including phenoxy) is 2. The smallest absolute Gasteiger partial charge is 0.271 e. The molecule has 194 valence electrons. The summed E-state index contributed by atoms with van der Waals surface area (Å²) < 4.78 is 15.4. The van der Waals surface area contributed by atoms with Gasteiger partial charge in [0, 0.05) is 40.0 Å². The van der Waals surface area contributed by atoms with E-state index < -0.39 is 6.04 Å². The molecule has 0 N–H and O–H groups in total. The quantitative estimate of drug-likeness (QED) is 0.376. The first-order valence-corrected chi connectivity index (χ1v) is 13.1. The Labute approximate surface area is 224 Å². The molecule has 0 spiro atoms. The van der Waals surface area contributed by atoms with Crippen LogP contribution in [0.15, 0.2) is 75.7 Å². The van der Waals surface area contributed by atoms with Crippen molar-refractivity contribution in [2.75, 3.05) is 14.2 Å². The van der Waals surface area contributed by atoms with Crippen molar-refractivity contribution in [2.45, 2.75) is 33.7 Å². The summed E-state index contributed by atoms with van der Waals surface area (Å²) in [4.78, 5) is 32.0. The second kappa shape index (κ2) is 9.95. The van der Waals surface area contributed by atoms with Gasteiger partial charge >= 0.3 is 0 Å². The van der Waals surface area contributed by atoms with E-state index in [9.17, 15) is 9.59 Å². The second-order valence-corrected chi connectivity index (χ2v) is 10.3. The third kappa shape index (κ3) is 4.20. The van der Waals surface area contributed by atoms with Gasteiger partial charge in [0.05, 0.1) is 24.8 Å². The zero-order chi connectivity index (χ0) is 27.1. The second-order valence-electron chi connectivity index (χ2n) is 9.24. The Bertz CT molecular complexity index is 1770. The normalized spacial score (nSPS) is 15.3. The Hall–Kier alpha value is -4.17. The molecule has 2 aromatic carbocycles. The van der Waals surface area contributed by atoms with Crippen molar-refractivity contribution in [2.24, 2.45) is 4.99 Å². The molecule has 7 nitrogen and oxygen atoms in total. The molecule has 1 atom stereocenters. The van der Waals surface area contributed by atoms with Crippen LogP contribution in [0, 0.1) is 13.8 Å². The lowest BCUT2D eigenvalue weighted by atomic mass is 9.92. The Morgan fingerprint density at radius 3 is 2.42 bits per heavy atom. The van der Waals surface area contributed by atoms with Crippen LogP contribution in [0.25, 0.3) is 11.8 Å². The fraction of sp³-hybridized carbons (Fsp3) is 0.233. The number of carbonyl (C=O) groups excluding carboxylic acids is 1. The van der Waals surface area contributed by atoms with Crippen LogP contribution < -0.4 is 24.4 Å². The number of hydrogen-bond acceptors (Lipinski definition) is 6. The number of aryl methyl sites for hydroxylation is 1. The fourth-order valence-corrected chi connectivity index (χ4v) is 6.20. The molecule has 0 aliphatic carbocycles. The number of carbonyl (C=O) groups is 1. The highest BCUT2D eigenvalue weighted by atomic mass is 32.1. The van der Waals surface area contributed by atoms with Gasteiger partial charge in [-0.25, -0.2) is 4.99 Å². The lowest BCUT2D eigenvalue weighted by Crippen LogP contribution is -2.39. The molecular formula is C30H29N3O4S. The maximum absolute atomic E-state index is 13.9. The van der Waals surface area contributed by atoms with Gasteiger partial charge in [-0.05, 0) is 69.7 Å². The van der Waals surface area contributed by atoms with E-state index in [1.54, 1.807) is 30.9 Å². The number of benzene rings is 2. The topological polar surface area (TPSA) is 74.8 Å². The lowest BCUT2D eigenvalue weighted by molar-refractivity contribution is -0.114. The molecular weight excluding hydrogens is 498 g/mol. The van der Waals surface area contributed by atoms with Gasteiger partial charge in [0.2, 0.25) is 0 Å². The zero-order valence-electron chi connectivity index (χ0n) is 22.2. The molecule has 0 unspecified atom stereocenters. The van der Waals surface area contributed by atoms with E-state index in [1.807, 2.05) is 44.2 Å². The van der Waals surface area contributed by atoms with E-state index in [0.717, 1.165) is 22.6 Å². The molecule has 3 heterocycles. The molecule has 1 aliphatic heterocycles. The predicted octanol–water partition coefficient (Wildman–Crippen LogP) is 4.25. The number of nitrogens with zero attached hydrogens (tertiary/aromatic N) is 3. The minimum Gasteiger partial charge on any atom is -0.497 e. The molecule has 4 aromatic rings. The van der Waals surface area contributed by atoms with Gasteiger partial charge in [0.1, 0.15) is 11.5 Å². The average molecular weight is 528 g/mol. The van der Waals surface area contributed by atoms with Gasteiger partial charge in [0.25, 0.3) is 5.56 Å². The van der Waals surface area contributed by atoms with Crippen LogP contribution in [0.5, 0.6) is 11.5 Å². The first kappa shape index (κ1) is 25.5. The van der Waals surface area contributed by atoms with Gasteiger partial charge in [0.15, 0.2) is 10.6 Å². The molecule has 0 radical (unpaired) electrons. The number of rotatable bonds is 6. The van der Waals surface area contributed by atoms with Crippen molar-refractivity contribution in [1.29, 1.82) is 0 Å². The standard InChI is InChI=1S/C30H29N3O4S/c1-17-14-21(19(3)32(17)22-10-8-7-9-11-22)15-26-29(35)33-28(24-13-12-23(36-5)16-25(24)37-6)27(20(4)34)18(2)31-30(33)38-26/h7-16,28H,1-6H3/t28-/m0/s1. The summed E-state index contributed by atoms with van der Waals surface area (Å²) in [7, 11) is 3.14. The van der Waals surface area contributed by atoms with Gasteiger partial charge in [-0.2, -0.15) is 0 Å². The number of fused-ring (bicyclic) bond motifs is 1. The molecule has 2 aromatic heterocycles. The third-order valence-corrected chi connectivity index (χ3v) is 7.89. The fourth-order valence-electron chi connectivity index (χ4n) is 5.16. The van der Waals surface area contributed by atoms with E-state index in [1.165, 1.54) is 18.3 Å².